The van der Waals surface area contributed by atoms with Crippen LogP contribution in [0.15, 0.2) is 24.5 Å². The zero-order valence-corrected chi connectivity index (χ0v) is 9.40. The van der Waals surface area contributed by atoms with Crippen molar-refractivity contribution in [3.63, 3.8) is 0 Å². The molecule has 0 aliphatic rings. The Bertz CT molecular complexity index is 373. The van der Waals surface area contributed by atoms with Crippen molar-refractivity contribution in [2.24, 2.45) is 0 Å². The predicted octanol–water partition coefficient (Wildman–Crippen LogP) is 1.61. The van der Waals surface area contributed by atoms with Crippen LogP contribution in [-0.4, -0.2) is 29.7 Å². The monoisotopic (exact) mass is 222 g/mol. The van der Waals surface area contributed by atoms with Crippen LogP contribution in [-0.2, 0) is 4.74 Å². The summed E-state index contributed by atoms with van der Waals surface area (Å²) in [5.74, 6) is -0.130. The fraction of sp³-hybridized carbons (Fsp3) is 0.364. The molecule has 1 aromatic heterocycles. The number of aromatic nitrogens is 2. The van der Waals surface area contributed by atoms with Gasteiger partial charge < -0.3 is 9.47 Å². The summed E-state index contributed by atoms with van der Waals surface area (Å²) < 4.78 is 9.79. The summed E-state index contributed by atoms with van der Waals surface area (Å²) in [5.41, 5.74) is 1.20. The molecular formula is C11H14N2O3. The summed E-state index contributed by atoms with van der Waals surface area (Å²) in [7, 11) is 1.29. The normalized spacial score (nSPS) is 9.62. The molecule has 5 nitrogen and oxygen atoms in total. The summed E-state index contributed by atoms with van der Waals surface area (Å²) in [5, 5.41) is 0. The first-order chi connectivity index (χ1) is 7.63. The van der Waals surface area contributed by atoms with E-state index < -0.39 is 5.97 Å². The van der Waals surface area contributed by atoms with Crippen molar-refractivity contribution in [2.45, 2.75) is 13.3 Å². The lowest BCUT2D eigenvalue weighted by atomic mass is 10.3. The van der Waals surface area contributed by atoms with Crippen LogP contribution in [0.2, 0.25) is 0 Å². The molecule has 16 heavy (non-hydrogen) atoms. The maximum Gasteiger partial charge on any atom is 0.358 e. The highest BCUT2D eigenvalue weighted by molar-refractivity contribution is 5.86. The second kappa shape index (κ2) is 5.85. The smallest absolute Gasteiger partial charge is 0.358 e. The van der Waals surface area contributed by atoms with Gasteiger partial charge in [0.2, 0.25) is 5.88 Å². The Balaban J connectivity index is 2.51. The third-order valence-electron chi connectivity index (χ3n) is 1.80. The van der Waals surface area contributed by atoms with Gasteiger partial charge in [0.25, 0.3) is 0 Å². The van der Waals surface area contributed by atoms with Crippen LogP contribution in [0.5, 0.6) is 5.88 Å². The Labute approximate surface area is 94.1 Å². The number of esters is 1. The molecule has 0 amide bonds. The summed E-state index contributed by atoms with van der Waals surface area (Å²) in [4.78, 5) is 18.8. The van der Waals surface area contributed by atoms with Gasteiger partial charge in [-0.25, -0.2) is 14.8 Å². The molecule has 1 rings (SSSR count). The lowest BCUT2D eigenvalue weighted by Gasteiger charge is -2.04. The van der Waals surface area contributed by atoms with E-state index in [-0.39, 0.29) is 5.69 Å². The molecule has 1 heterocycles. The van der Waals surface area contributed by atoms with Crippen molar-refractivity contribution in [2.75, 3.05) is 13.7 Å². The van der Waals surface area contributed by atoms with E-state index in [1.54, 1.807) is 0 Å². The number of ether oxygens (including phenoxy) is 2. The SMILES string of the molecule is C=C(C)CCOc1cnc(C(=O)OC)cn1. The molecule has 0 spiro atoms. The maximum absolute atomic E-state index is 11.1. The standard InChI is InChI=1S/C11H14N2O3/c1-8(2)4-5-16-10-7-12-9(6-13-10)11(14)15-3/h6-7H,1,4-5H2,2-3H3. The molecule has 86 valence electrons. The van der Waals surface area contributed by atoms with Crippen LogP contribution >= 0.6 is 0 Å². The van der Waals surface area contributed by atoms with E-state index in [0.29, 0.717) is 12.5 Å². The minimum atomic E-state index is -0.513. The molecule has 0 aromatic carbocycles. The molecule has 5 heteroatoms. The highest BCUT2D eigenvalue weighted by Crippen LogP contribution is 2.06. The Morgan fingerprint density at radius 1 is 1.44 bits per heavy atom. The zero-order chi connectivity index (χ0) is 12.0. The fourth-order valence-electron chi connectivity index (χ4n) is 0.931. The van der Waals surface area contributed by atoms with Gasteiger partial charge in [-0.2, -0.15) is 0 Å². The van der Waals surface area contributed by atoms with Crippen LogP contribution in [0.4, 0.5) is 0 Å². The van der Waals surface area contributed by atoms with Gasteiger partial charge in [0.15, 0.2) is 5.69 Å². The highest BCUT2D eigenvalue weighted by atomic mass is 16.5. The molecule has 0 unspecified atom stereocenters. The Morgan fingerprint density at radius 3 is 2.69 bits per heavy atom. The number of hydrogen-bond acceptors (Lipinski definition) is 5. The molecule has 0 atom stereocenters. The minimum absolute atomic E-state index is 0.162. The van der Waals surface area contributed by atoms with Gasteiger partial charge in [-0.15, -0.1) is 6.58 Å². The molecule has 0 saturated heterocycles. The van der Waals surface area contributed by atoms with Crippen molar-refractivity contribution in [1.82, 2.24) is 9.97 Å². The average Bonchev–Trinajstić information content (AvgIpc) is 2.28. The van der Waals surface area contributed by atoms with Crippen molar-refractivity contribution < 1.29 is 14.3 Å². The molecule has 0 fully saturated rings. The largest absolute Gasteiger partial charge is 0.476 e. The molecule has 0 aliphatic heterocycles. The first-order valence-corrected chi connectivity index (χ1v) is 4.81. The summed E-state index contributed by atoms with van der Waals surface area (Å²) in [6.45, 7) is 6.19. The van der Waals surface area contributed by atoms with Crippen LogP contribution < -0.4 is 4.74 Å². The van der Waals surface area contributed by atoms with E-state index >= 15 is 0 Å². The second-order valence-electron chi connectivity index (χ2n) is 3.29. The number of nitrogens with zero attached hydrogens (tertiary/aromatic N) is 2. The van der Waals surface area contributed by atoms with Crippen molar-refractivity contribution >= 4 is 5.97 Å². The molecule has 0 radical (unpaired) electrons. The Morgan fingerprint density at radius 2 is 2.19 bits per heavy atom. The van der Waals surface area contributed by atoms with E-state index in [9.17, 15) is 4.79 Å². The van der Waals surface area contributed by atoms with E-state index in [0.717, 1.165) is 12.0 Å². The Hall–Kier alpha value is -1.91. The van der Waals surface area contributed by atoms with Crippen LogP contribution in [0.25, 0.3) is 0 Å². The van der Waals surface area contributed by atoms with Crippen molar-refractivity contribution in [1.29, 1.82) is 0 Å². The van der Waals surface area contributed by atoms with Gasteiger partial charge in [0.05, 0.1) is 26.1 Å². The molecule has 0 aliphatic carbocycles. The number of hydrogen-bond donors (Lipinski definition) is 0. The average molecular weight is 222 g/mol. The number of carbonyl (C=O) groups excluding carboxylic acids is 1. The maximum atomic E-state index is 11.1. The number of methoxy groups -OCH3 is 1. The first kappa shape index (κ1) is 12.2. The summed E-state index contributed by atoms with van der Waals surface area (Å²) in [6.07, 6.45) is 3.48. The second-order valence-corrected chi connectivity index (χ2v) is 3.29. The van der Waals surface area contributed by atoms with E-state index in [4.69, 9.17) is 4.74 Å². The quantitative estimate of drug-likeness (QED) is 0.559. The van der Waals surface area contributed by atoms with Gasteiger partial charge in [0.1, 0.15) is 0 Å². The van der Waals surface area contributed by atoms with E-state index in [1.165, 1.54) is 19.5 Å². The topological polar surface area (TPSA) is 61.3 Å². The highest BCUT2D eigenvalue weighted by Gasteiger charge is 2.07. The van der Waals surface area contributed by atoms with Gasteiger partial charge in [0, 0.05) is 6.42 Å². The number of carbonyl (C=O) groups is 1. The zero-order valence-electron chi connectivity index (χ0n) is 9.40. The van der Waals surface area contributed by atoms with Crippen LogP contribution in [0.1, 0.15) is 23.8 Å². The third-order valence-corrected chi connectivity index (χ3v) is 1.80. The lowest BCUT2D eigenvalue weighted by molar-refractivity contribution is 0.0593. The van der Waals surface area contributed by atoms with Gasteiger partial charge in [-0.3, -0.25) is 0 Å². The number of rotatable bonds is 5. The predicted molar refractivity (Wildman–Crippen MR) is 58.3 cm³/mol. The van der Waals surface area contributed by atoms with E-state index in [2.05, 4.69) is 21.3 Å². The molecular weight excluding hydrogens is 208 g/mol. The molecule has 1 aromatic rings. The summed E-state index contributed by atoms with van der Waals surface area (Å²) >= 11 is 0. The minimum Gasteiger partial charge on any atom is -0.476 e. The molecule has 0 N–H and O–H groups in total. The molecule has 0 saturated carbocycles. The van der Waals surface area contributed by atoms with Gasteiger partial charge in [-0.05, 0) is 6.92 Å². The van der Waals surface area contributed by atoms with Crippen LogP contribution in [0, 0.1) is 0 Å². The first-order valence-electron chi connectivity index (χ1n) is 4.81. The van der Waals surface area contributed by atoms with Crippen LogP contribution in [0.3, 0.4) is 0 Å². The lowest BCUT2D eigenvalue weighted by Crippen LogP contribution is -2.06. The third kappa shape index (κ3) is 3.68. The van der Waals surface area contributed by atoms with Gasteiger partial charge in [-0.1, -0.05) is 5.57 Å². The van der Waals surface area contributed by atoms with Crippen molar-refractivity contribution in [3.05, 3.63) is 30.2 Å². The fourth-order valence-corrected chi connectivity index (χ4v) is 0.931. The molecule has 0 bridgehead atoms. The Kier molecular flexibility index (Phi) is 4.44. The van der Waals surface area contributed by atoms with Crippen molar-refractivity contribution in [3.8, 4) is 5.88 Å². The van der Waals surface area contributed by atoms with E-state index in [1.807, 2.05) is 6.92 Å². The van der Waals surface area contributed by atoms with Gasteiger partial charge >= 0.3 is 5.97 Å². The summed E-state index contributed by atoms with van der Waals surface area (Å²) in [6, 6.07) is 0.